The maximum Gasteiger partial charge on any atom is 0.127 e. The number of methoxy groups -OCH3 is 2. The van der Waals surface area contributed by atoms with Crippen molar-refractivity contribution in [3.8, 4) is 11.5 Å². The fraction of sp³-hybridized carbons (Fsp3) is 0.308. The first-order chi connectivity index (χ1) is 9.22. The van der Waals surface area contributed by atoms with Crippen LogP contribution in [0.5, 0.6) is 11.5 Å². The average molecular weight is 262 g/mol. The second kappa shape index (κ2) is 5.73. The second-order valence-electron chi connectivity index (χ2n) is 4.11. The van der Waals surface area contributed by atoms with Gasteiger partial charge in [0, 0.05) is 7.05 Å². The Balaban J connectivity index is 2.57. The highest BCUT2D eigenvalue weighted by Crippen LogP contribution is 2.36. The van der Waals surface area contributed by atoms with Gasteiger partial charge in [-0.2, -0.15) is 0 Å². The van der Waals surface area contributed by atoms with Crippen LogP contribution in [0.3, 0.4) is 0 Å². The molecule has 0 aliphatic carbocycles. The van der Waals surface area contributed by atoms with Crippen molar-refractivity contribution in [1.29, 1.82) is 0 Å². The van der Waals surface area contributed by atoms with E-state index in [1.807, 2.05) is 29.8 Å². The minimum absolute atomic E-state index is 0.265. The molecule has 0 spiro atoms. The molecule has 1 aromatic carbocycles. The van der Waals surface area contributed by atoms with Crippen molar-refractivity contribution >= 4 is 0 Å². The predicted molar refractivity (Wildman–Crippen MR) is 71.9 cm³/mol. The monoisotopic (exact) mass is 262 g/mol. The molecule has 0 aliphatic heterocycles. The van der Waals surface area contributed by atoms with Gasteiger partial charge in [-0.05, 0) is 12.1 Å². The molecule has 0 radical (unpaired) electrons. The first-order valence-corrected chi connectivity index (χ1v) is 5.86. The van der Waals surface area contributed by atoms with Gasteiger partial charge in [-0.15, -0.1) is 0 Å². The maximum absolute atomic E-state index is 5.71. The number of benzene rings is 1. The van der Waals surface area contributed by atoms with E-state index in [2.05, 4.69) is 10.4 Å². The zero-order valence-corrected chi connectivity index (χ0v) is 11.3. The summed E-state index contributed by atoms with van der Waals surface area (Å²) in [6, 6.07) is 5.35. The van der Waals surface area contributed by atoms with Gasteiger partial charge in [0.2, 0.25) is 0 Å². The van der Waals surface area contributed by atoms with Gasteiger partial charge in [0.1, 0.15) is 11.5 Å². The number of hydrazine groups is 1. The lowest BCUT2D eigenvalue weighted by molar-refractivity contribution is 0.375. The molecule has 0 bridgehead atoms. The smallest absolute Gasteiger partial charge is 0.127 e. The van der Waals surface area contributed by atoms with Crippen LogP contribution >= 0.6 is 0 Å². The number of nitrogens with zero attached hydrogens (tertiary/aromatic N) is 2. The van der Waals surface area contributed by atoms with E-state index in [9.17, 15) is 0 Å². The van der Waals surface area contributed by atoms with E-state index in [0.717, 1.165) is 11.3 Å². The van der Waals surface area contributed by atoms with E-state index in [1.54, 1.807) is 26.7 Å². The number of nitrogens with one attached hydrogen (secondary N) is 1. The van der Waals surface area contributed by atoms with Crippen molar-refractivity contribution in [3.63, 3.8) is 0 Å². The highest BCUT2D eigenvalue weighted by molar-refractivity contribution is 5.49. The quantitative estimate of drug-likeness (QED) is 0.621. The van der Waals surface area contributed by atoms with Crippen molar-refractivity contribution in [3.05, 3.63) is 42.0 Å². The predicted octanol–water partition coefficient (Wildman–Crippen LogP) is 0.990. The van der Waals surface area contributed by atoms with Crippen LogP contribution in [0.15, 0.2) is 30.7 Å². The number of rotatable bonds is 5. The van der Waals surface area contributed by atoms with Crippen LogP contribution < -0.4 is 20.7 Å². The zero-order valence-electron chi connectivity index (χ0n) is 11.3. The second-order valence-corrected chi connectivity index (χ2v) is 4.11. The summed E-state index contributed by atoms with van der Waals surface area (Å²) in [6.07, 6.45) is 3.48. The summed E-state index contributed by atoms with van der Waals surface area (Å²) in [5, 5.41) is 0. The lowest BCUT2D eigenvalue weighted by atomic mass is 10.0. The summed E-state index contributed by atoms with van der Waals surface area (Å²) < 4.78 is 12.7. The molecule has 1 unspecified atom stereocenters. The Kier molecular flexibility index (Phi) is 4.03. The molecule has 0 saturated heterocycles. The third-order valence-corrected chi connectivity index (χ3v) is 3.07. The van der Waals surface area contributed by atoms with Crippen LogP contribution in [-0.4, -0.2) is 23.8 Å². The van der Waals surface area contributed by atoms with E-state index in [1.165, 1.54) is 0 Å². The van der Waals surface area contributed by atoms with Gasteiger partial charge in [-0.3, -0.25) is 5.84 Å². The molecule has 2 aromatic rings. The zero-order chi connectivity index (χ0) is 13.8. The van der Waals surface area contributed by atoms with Crippen molar-refractivity contribution in [2.24, 2.45) is 12.9 Å². The standard InChI is InChI=1S/C13H18N4O2/c1-17-8-15-7-9(17)13(16-14)12-10(18-2)5-4-6-11(12)19-3/h4-8,13,16H,14H2,1-3H3. The summed E-state index contributed by atoms with van der Waals surface area (Å²) in [5.41, 5.74) is 4.56. The van der Waals surface area contributed by atoms with Gasteiger partial charge < -0.3 is 14.0 Å². The summed E-state index contributed by atoms with van der Waals surface area (Å²) in [4.78, 5) is 4.11. The Labute approximate surface area is 112 Å². The van der Waals surface area contributed by atoms with Crippen LogP contribution in [0.2, 0.25) is 0 Å². The van der Waals surface area contributed by atoms with Crippen molar-refractivity contribution < 1.29 is 9.47 Å². The molecule has 0 aliphatic rings. The Morgan fingerprint density at radius 1 is 1.26 bits per heavy atom. The fourth-order valence-electron chi connectivity index (χ4n) is 2.13. The van der Waals surface area contributed by atoms with Gasteiger partial charge in [0.25, 0.3) is 0 Å². The average Bonchev–Trinajstić information content (AvgIpc) is 2.86. The van der Waals surface area contributed by atoms with Gasteiger partial charge in [-0.25, -0.2) is 10.4 Å². The van der Waals surface area contributed by atoms with Crippen LogP contribution in [0, 0.1) is 0 Å². The Bertz CT molecular complexity index is 531. The van der Waals surface area contributed by atoms with Gasteiger partial charge in [0.15, 0.2) is 0 Å². The van der Waals surface area contributed by atoms with Crippen molar-refractivity contribution in [2.45, 2.75) is 6.04 Å². The van der Waals surface area contributed by atoms with Gasteiger partial charge >= 0.3 is 0 Å². The Morgan fingerprint density at radius 3 is 2.32 bits per heavy atom. The molecule has 1 atom stereocenters. The SMILES string of the molecule is COc1cccc(OC)c1C(NN)c1cncn1C. The maximum atomic E-state index is 5.71. The number of hydrogen-bond acceptors (Lipinski definition) is 5. The lowest BCUT2D eigenvalue weighted by Gasteiger charge is -2.21. The van der Waals surface area contributed by atoms with Gasteiger partial charge in [0.05, 0.1) is 44.0 Å². The van der Waals surface area contributed by atoms with Crippen molar-refractivity contribution in [1.82, 2.24) is 15.0 Å². The minimum atomic E-state index is -0.265. The molecule has 1 aromatic heterocycles. The minimum Gasteiger partial charge on any atom is -0.496 e. The third-order valence-electron chi connectivity index (χ3n) is 3.07. The molecule has 6 heteroatoms. The molecule has 19 heavy (non-hydrogen) atoms. The third kappa shape index (κ3) is 2.40. The molecule has 0 amide bonds. The lowest BCUT2D eigenvalue weighted by Crippen LogP contribution is -2.30. The molecular weight excluding hydrogens is 244 g/mol. The van der Waals surface area contributed by atoms with Crippen LogP contribution in [-0.2, 0) is 7.05 Å². The molecule has 3 N–H and O–H groups in total. The van der Waals surface area contributed by atoms with E-state index >= 15 is 0 Å². The highest BCUT2D eigenvalue weighted by atomic mass is 16.5. The summed E-state index contributed by atoms with van der Waals surface area (Å²) >= 11 is 0. The fourth-order valence-corrected chi connectivity index (χ4v) is 2.13. The Morgan fingerprint density at radius 2 is 1.89 bits per heavy atom. The number of ether oxygens (including phenoxy) is 2. The highest BCUT2D eigenvalue weighted by Gasteiger charge is 2.23. The van der Waals surface area contributed by atoms with E-state index in [-0.39, 0.29) is 6.04 Å². The Hall–Kier alpha value is -2.05. The molecule has 1 heterocycles. The summed E-state index contributed by atoms with van der Waals surface area (Å²) in [5.74, 6) is 7.13. The largest absolute Gasteiger partial charge is 0.496 e. The van der Waals surface area contributed by atoms with Crippen LogP contribution in [0.1, 0.15) is 17.3 Å². The molecular formula is C13H18N4O2. The molecule has 0 saturated carbocycles. The van der Waals surface area contributed by atoms with E-state index in [4.69, 9.17) is 15.3 Å². The van der Waals surface area contributed by atoms with Crippen LogP contribution in [0.4, 0.5) is 0 Å². The van der Waals surface area contributed by atoms with E-state index < -0.39 is 0 Å². The van der Waals surface area contributed by atoms with E-state index in [0.29, 0.717) is 11.5 Å². The normalized spacial score (nSPS) is 12.2. The number of imidazole rings is 1. The number of aryl methyl sites for hydroxylation is 1. The summed E-state index contributed by atoms with van der Waals surface area (Å²) in [6.45, 7) is 0. The summed E-state index contributed by atoms with van der Waals surface area (Å²) in [7, 11) is 5.15. The molecule has 0 fully saturated rings. The number of hydrogen-bond donors (Lipinski definition) is 2. The molecule has 6 nitrogen and oxygen atoms in total. The number of nitrogens with two attached hydrogens (primary N) is 1. The molecule has 2 rings (SSSR count). The first kappa shape index (κ1) is 13.4. The van der Waals surface area contributed by atoms with Crippen molar-refractivity contribution in [2.75, 3.05) is 14.2 Å². The van der Waals surface area contributed by atoms with Crippen LogP contribution in [0.25, 0.3) is 0 Å². The number of aromatic nitrogens is 2. The first-order valence-electron chi connectivity index (χ1n) is 5.86. The molecule has 102 valence electrons. The topological polar surface area (TPSA) is 74.3 Å². The van der Waals surface area contributed by atoms with Gasteiger partial charge in [-0.1, -0.05) is 6.07 Å².